The smallest absolute Gasteiger partial charge is 0.0624 e. The van der Waals surface area contributed by atoms with Gasteiger partial charge < -0.3 is 5.32 Å². The molecule has 0 bridgehead atoms. The molecule has 0 radical (unpaired) electrons. The van der Waals surface area contributed by atoms with Gasteiger partial charge in [-0.1, -0.05) is 26.7 Å². The molecule has 1 saturated carbocycles. The Balaban J connectivity index is 2.07. The summed E-state index contributed by atoms with van der Waals surface area (Å²) in [7, 11) is 0. The summed E-state index contributed by atoms with van der Waals surface area (Å²) < 4.78 is 2.20. The molecule has 1 fully saturated rings. The largest absolute Gasteiger partial charge is 0.314 e. The van der Waals surface area contributed by atoms with E-state index in [1.165, 1.54) is 43.5 Å². The van der Waals surface area contributed by atoms with Crippen LogP contribution in [0.2, 0.25) is 0 Å². The zero-order valence-corrected chi connectivity index (χ0v) is 12.8. The fourth-order valence-corrected chi connectivity index (χ4v) is 3.38. The fourth-order valence-electron chi connectivity index (χ4n) is 3.38. The predicted molar refractivity (Wildman–Crippen MR) is 80.4 cm³/mol. The third kappa shape index (κ3) is 3.59. The van der Waals surface area contributed by atoms with Gasteiger partial charge in [0.1, 0.15) is 0 Å². The summed E-state index contributed by atoms with van der Waals surface area (Å²) in [5.41, 5.74) is 2.68. The van der Waals surface area contributed by atoms with Crippen molar-refractivity contribution in [3.05, 3.63) is 17.5 Å². The normalized spacial score (nSPS) is 23.7. The molecule has 0 amide bonds. The van der Waals surface area contributed by atoms with Gasteiger partial charge in [0.2, 0.25) is 0 Å². The molecule has 2 atom stereocenters. The minimum absolute atomic E-state index is 0.712. The number of nitrogens with zero attached hydrogens (tertiary/aromatic N) is 2. The third-order valence-electron chi connectivity index (χ3n) is 4.42. The number of hydrogen-bond donors (Lipinski definition) is 1. The number of nitrogens with one attached hydrogen (secondary N) is 1. The van der Waals surface area contributed by atoms with Crippen LogP contribution in [0.3, 0.4) is 0 Å². The molecule has 1 heterocycles. The fraction of sp³-hybridized carbons (Fsp3) is 0.812. The van der Waals surface area contributed by atoms with Crippen molar-refractivity contribution in [2.75, 3.05) is 6.54 Å². The molecule has 1 aromatic heterocycles. The number of aryl methyl sites for hydroxylation is 2. The lowest BCUT2D eigenvalue weighted by Crippen LogP contribution is -2.39. The van der Waals surface area contributed by atoms with E-state index in [9.17, 15) is 0 Å². The second-order valence-corrected chi connectivity index (χ2v) is 5.71. The summed E-state index contributed by atoms with van der Waals surface area (Å²) in [5, 5.41) is 8.36. The van der Waals surface area contributed by atoms with Crippen LogP contribution in [0.5, 0.6) is 0 Å². The Morgan fingerprint density at radius 1 is 1.26 bits per heavy atom. The van der Waals surface area contributed by atoms with Crippen molar-refractivity contribution >= 4 is 0 Å². The first-order valence-electron chi connectivity index (χ1n) is 8.07. The van der Waals surface area contributed by atoms with Crippen LogP contribution in [0.1, 0.15) is 57.8 Å². The van der Waals surface area contributed by atoms with E-state index < -0.39 is 0 Å². The summed E-state index contributed by atoms with van der Waals surface area (Å²) in [6.07, 6.45) is 7.74. The molecule has 0 saturated heterocycles. The summed E-state index contributed by atoms with van der Waals surface area (Å²) in [6, 6.07) is 3.03. The molecule has 108 valence electrons. The van der Waals surface area contributed by atoms with E-state index in [0.717, 1.165) is 25.4 Å². The topological polar surface area (TPSA) is 29.9 Å². The second-order valence-electron chi connectivity index (χ2n) is 5.71. The molecule has 0 aliphatic heterocycles. The average Bonchev–Trinajstić information content (AvgIpc) is 2.83. The van der Waals surface area contributed by atoms with Crippen LogP contribution in [0, 0.1) is 5.92 Å². The number of hydrogen-bond acceptors (Lipinski definition) is 2. The number of rotatable bonds is 6. The van der Waals surface area contributed by atoms with Crippen molar-refractivity contribution in [3.8, 4) is 0 Å². The van der Waals surface area contributed by atoms with Crippen LogP contribution in [0.25, 0.3) is 0 Å². The molecule has 3 nitrogen and oxygen atoms in total. The van der Waals surface area contributed by atoms with Crippen LogP contribution < -0.4 is 5.32 Å². The molecule has 1 aliphatic carbocycles. The van der Waals surface area contributed by atoms with E-state index in [0.29, 0.717) is 6.04 Å². The number of aromatic nitrogens is 2. The van der Waals surface area contributed by atoms with Crippen LogP contribution in [0.15, 0.2) is 6.07 Å². The van der Waals surface area contributed by atoms with Gasteiger partial charge in [0, 0.05) is 18.3 Å². The molecular weight excluding hydrogens is 234 g/mol. The molecule has 2 unspecified atom stereocenters. The summed E-state index contributed by atoms with van der Waals surface area (Å²) in [4.78, 5) is 0. The first-order valence-corrected chi connectivity index (χ1v) is 8.07. The highest BCUT2D eigenvalue weighted by Gasteiger charge is 2.25. The molecule has 0 aromatic carbocycles. The standard InChI is InChI=1S/C16H29N3/c1-4-14-12-15(19(6-3)18-14)11-13-9-7-8-10-16(13)17-5-2/h12-13,16-17H,4-11H2,1-3H3. The van der Waals surface area contributed by atoms with Gasteiger partial charge in [0.15, 0.2) is 0 Å². The van der Waals surface area contributed by atoms with E-state index in [4.69, 9.17) is 0 Å². The molecule has 3 heteroatoms. The third-order valence-corrected chi connectivity index (χ3v) is 4.42. The molecule has 2 rings (SSSR count). The zero-order valence-electron chi connectivity index (χ0n) is 12.8. The average molecular weight is 263 g/mol. The molecular formula is C16H29N3. The monoisotopic (exact) mass is 263 g/mol. The van der Waals surface area contributed by atoms with Crippen LogP contribution >= 0.6 is 0 Å². The van der Waals surface area contributed by atoms with Crippen molar-refractivity contribution in [3.63, 3.8) is 0 Å². The van der Waals surface area contributed by atoms with E-state index in [-0.39, 0.29) is 0 Å². The van der Waals surface area contributed by atoms with Gasteiger partial charge in [0.05, 0.1) is 5.69 Å². The summed E-state index contributed by atoms with van der Waals surface area (Å²) >= 11 is 0. The Kier molecular flexibility index (Phi) is 5.44. The van der Waals surface area contributed by atoms with Crippen molar-refractivity contribution in [2.45, 2.75) is 71.9 Å². The minimum Gasteiger partial charge on any atom is -0.314 e. The second kappa shape index (κ2) is 7.09. The Hall–Kier alpha value is -0.830. The lowest BCUT2D eigenvalue weighted by Gasteiger charge is -2.32. The lowest BCUT2D eigenvalue weighted by atomic mass is 9.81. The Labute approximate surface area is 117 Å². The van der Waals surface area contributed by atoms with Crippen LogP contribution in [-0.2, 0) is 19.4 Å². The van der Waals surface area contributed by atoms with Crippen molar-refractivity contribution in [1.29, 1.82) is 0 Å². The van der Waals surface area contributed by atoms with Crippen molar-refractivity contribution in [1.82, 2.24) is 15.1 Å². The molecule has 0 spiro atoms. The summed E-state index contributed by atoms with van der Waals surface area (Å²) in [6.45, 7) is 8.69. The van der Waals surface area contributed by atoms with Gasteiger partial charge in [-0.15, -0.1) is 0 Å². The Morgan fingerprint density at radius 3 is 2.74 bits per heavy atom. The van der Waals surface area contributed by atoms with Gasteiger partial charge in [-0.2, -0.15) is 5.10 Å². The van der Waals surface area contributed by atoms with E-state index in [2.05, 4.69) is 41.9 Å². The van der Waals surface area contributed by atoms with Gasteiger partial charge in [0.25, 0.3) is 0 Å². The highest BCUT2D eigenvalue weighted by atomic mass is 15.3. The maximum Gasteiger partial charge on any atom is 0.0624 e. The van der Waals surface area contributed by atoms with Gasteiger partial charge in [-0.25, -0.2) is 0 Å². The van der Waals surface area contributed by atoms with Gasteiger partial charge in [-0.3, -0.25) is 4.68 Å². The highest BCUT2D eigenvalue weighted by Crippen LogP contribution is 2.28. The quantitative estimate of drug-likeness (QED) is 0.854. The van der Waals surface area contributed by atoms with E-state index in [1.54, 1.807) is 0 Å². The van der Waals surface area contributed by atoms with Crippen LogP contribution in [-0.4, -0.2) is 22.4 Å². The molecule has 1 aromatic rings. The summed E-state index contributed by atoms with van der Waals surface area (Å²) in [5.74, 6) is 0.792. The molecule has 1 aliphatic rings. The maximum atomic E-state index is 4.68. The van der Waals surface area contributed by atoms with Crippen molar-refractivity contribution < 1.29 is 0 Å². The van der Waals surface area contributed by atoms with E-state index in [1.807, 2.05) is 0 Å². The van der Waals surface area contributed by atoms with Crippen molar-refractivity contribution in [2.24, 2.45) is 5.92 Å². The zero-order chi connectivity index (χ0) is 13.7. The minimum atomic E-state index is 0.712. The molecule has 19 heavy (non-hydrogen) atoms. The predicted octanol–water partition coefficient (Wildman–Crippen LogP) is 3.18. The molecule has 1 N–H and O–H groups in total. The maximum absolute atomic E-state index is 4.68. The first-order chi connectivity index (χ1) is 9.28. The lowest BCUT2D eigenvalue weighted by molar-refractivity contribution is 0.260. The van der Waals surface area contributed by atoms with E-state index >= 15 is 0 Å². The highest BCUT2D eigenvalue weighted by molar-refractivity contribution is 5.12. The van der Waals surface area contributed by atoms with Gasteiger partial charge in [-0.05, 0) is 51.1 Å². The Morgan fingerprint density at radius 2 is 2.05 bits per heavy atom. The van der Waals surface area contributed by atoms with Gasteiger partial charge >= 0.3 is 0 Å². The van der Waals surface area contributed by atoms with Crippen LogP contribution in [0.4, 0.5) is 0 Å². The SMILES string of the molecule is CCNC1CCCCC1Cc1cc(CC)nn1CC. The first kappa shape index (κ1) is 14.6. The Bertz CT molecular complexity index is 381.